The molecular weight excluding hydrogens is 314 g/mol. The Morgan fingerprint density at radius 1 is 1.47 bits per heavy atom. The minimum Gasteiger partial charge on any atom is -0.481 e. The Morgan fingerprint density at radius 3 is 2.59 bits per heavy atom. The second-order valence-electron chi connectivity index (χ2n) is 3.88. The highest BCUT2D eigenvalue weighted by molar-refractivity contribution is 9.10. The molecule has 6 nitrogen and oxygen atoms in total. The fourth-order valence-corrected chi connectivity index (χ4v) is 3.24. The van der Waals surface area contributed by atoms with Crippen LogP contribution in [0.1, 0.15) is 12.8 Å². The maximum atomic E-state index is 11.8. The van der Waals surface area contributed by atoms with Crippen LogP contribution < -0.4 is 4.72 Å². The van der Waals surface area contributed by atoms with Crippen LogP contribution >= 0.6 is 15.9 Å². The largest absolute Gasteiger partial charge is 0.481 e. The van der Waals surface area contributed by atoms with Crippen molar-refractivity contribution >= 4 is 31.9 Å². The summed E-state index contributed by atoms with van der Waals surface area (Å²) in [7, 11) is -3.69. The van der Waals surface area contributed by atoms with Gasteiger partial charge in [0.1, 0.15) is 0 Å². The van der Waals surface area contributed by atoms with Gasteiger partial charge in [-0.2, -0.15) is 0 Å². The SMILES string of the molecule is O=C(O)C1CC(NS(=O)(=O)c2ccc(Br)o2)C1. The van der Waals surface area contributed by atoms with Gasteiger partial charge in [-0.15, -0.1) is 0 Å². The molecule has 17 heavy (non-hydrogen) atoms. The van der Waals surface area contributed by atoms with Crippen LogP contribution in [0, 0.1) is 5.92 Å². The number of hydrogen-bond acceptors (Lipinski definition) is 4. The highest BCUT2D eigenvalue weighted by Gasteiger charge is 2.37. The summed E-state index contributed by atoms with van der Waals surface area (Å²) in [5.41, 5.74) is 0. The predicted molar refractivity (Wildman–Crippen MR) is 60.9 cm³/mol. The summed E-state index contributed by atoms with van der Waals surface area (Å²) in [6.07, 6.45) is 0.632. The van der Waals surface area contributed by atoms with Crippen molar-refractivity contribution in [2.45, 2.75) is 24.0 Å². The van der Waals surface area contributed by atoms with Crippen molar-refractivity contribution in [2.75, 3.05) is 0 Å². The number of carboxylic acid groups (broad SMARTS) is 1. The number of carboxylic acids is 1. The van der Waals surface area contributed by atoms with E-state index < -0.39 is 21.9 Å². The standard InChI is InChI=1S/C9H10BrNO5S/c10-7-1-2-8(16-7)17(14,15)11-6-3-5(4-6)9(12)13/h1-2,5-6,11H,3-4H2,(H,12,13). The van der Waals surface area contributed by atoms with Crippen LogP contribution in [0.5, 0.6) is 0 Å². The van der Waals surface area contributed by atoms with Gasteiger partial charge in [-0.3, -0.25) is 4.79 Å². The number of halogens is 1. The highest BCUT2D eigenvalue weighted by Crippen LogP contribution is 2.29. The second-order valence-corrected chi connectivity index (χ2v) is 6.31. The Hall–Kier alpha value is -0.860. The van der Waals surface area contributed by atoms with E-state index in [0.717, 1.165) is 0 Å². The summed E-state index contributed by atoms with van der Waals surface area (Å²) in [4.78, 5) is 10.6. The monoisotopic (exact) mass is 323 g/mol. The van der Waals surface area contributed by atoms with Crippen LogP contribution in [0.4, 0.5) is 0 Å². The maximum absolute atomic E-state index is 11.8. The van der Waals surface area contributed by atoms with Crippen LogP contribution in [0.3, 0.4) is 0 Å². The molecule has 0 aliphatic heterocycles. The molecule has 94 valence electrons. The van der Waals surface area contributed by atoms with Crippen LogP contribution in [0.25, 0.3) is 0 Å². The van der Waals surface area contributed by atoms with Gasteiger partial charge in [-0.25, -0.2) is 13.1 Å². The molecule has 1 aliphatic carbocycles. The summed E-state index contributed by atoms with van der Waals surface area (Å²) in [6, 6.07) is 2.49. The normalized spacial score (nSPS) is 24.3. The predicted octanol–water partition coefficient (Wildman–Crippen LogP) is 1.18. The fourth-order valence-electron chi connectivity index (χ4n) is 1.64. The van der Waals surface area contributed by atoms with Gasteiger partial charge in [0.25, 0.3) is 10.0 Å². The van der Waals surface area contributed by atoms with Gasteiger partial charge < -0.3 is 9.52 Å². The van der Waals surface area contributed by atoms with E-state index in [0.29, 0.717) is 17.5 Å². The first kappa shape index (κ1) is 12.6. The molecule has 1 aliphatic rings. The quantitative estimate of drug-likeness (QED) is 0.867. The second kappa shape index (κ2) is 4.43. The number of aliphatic carboxylic acids is 1. The molecular formula is C9H10BrNO5S. The zero-order valence-corrected chi connectivity index (χ0v) is 11.0. The number of furan rings is 1. The van der Waals surface area contributed by atoms with Gasteiger partial charge in [0, 0.05) is 6.04 Å². The lowest BCUT2D eigenvalue weighted by molar-refractivity contribution is -0.145. The van der Waals surface area contributed by atoms with E-state index in [-0.39, 0.29) is 11.1 Å². The van der Waals surface area contributed by atoms with E-state index in [9.17, 15) is 13.2 Å². The van der Waals surface area contributed by atoms with Crippen LogP contribution in [-0.4, -0.2) is 25.5 Å². The summed E-state index contributed by atoms with van der Waals surface area (Å²) in [6.45, 7) is 0. The lowest BCUT2D eigenvalue weighted by Crippen LogP contribution is -2.46. The van der Waals surface area contributed by atoms with Crippen molar-refractivity contribution in [3.05, 3.63) is 16.8 Å². The molecule has 0 saturated heterocycles. The maximum Gasteiger partial charge on any atom is 0.306 e. The minimum absolute atomic E-state index is 0.178. The minimum atomic E-state index is -3.69. The molecule has 2 rings (SSSR count). The Balaban J connectivity index is 1.98. The fraction of sp³-hybridized carbons (Fsp3) is 0.444. The van der Waals surface area contributed by atoms with E-state index in [1.807, 2.05) is 0 Å². The number of nitrogens with one attached hydrogen (secondary N) is 1. The molecule has 0 spiro atoms. The van der Waals surface area contributed by atoms with E-state index in [4.69, 9.17) is 9.52 Å². The molecule has 1 aromatic rings. The Bertz CT molecular complexity index is 531. The van der Waals surface area contributed by atoms with E-state index in [2.05, 4.69) is 20.7 Å². The Morgan fingerprint density at radius 2 is 2.12 bits per heavy atom. The third kappa shape index (κ3) is 2.70. The molecule has 1 fully saturated rings. The van der Waals surface area contributed by atoms with Gasteiger partial charge in [0.05, 0.1) is 5.92 Å². The van der Waals surface area contributed by atoms with Gasteiger partial charge in [0.15, 0.2) is 4.67 Å². The first-order chi connectivity index (χ1) is 7.88. The lowest BCUT2D eigenvalue weighted by Gasteiger charge is -2.32. The third-order valence-corrected chi connectivity index (χ3v) is 4.44. The van der Waals surface area contributed by atoms with Gasteiger partial charge in [0.2, 0.25) is 5.09 Å². The first-order valence-corrected chi connectivity index (χ1v) is 7.16. The summed E-state index contributed by atoms with van der Waals surface area (Å²) >= 11 is 3.01. The summed E-state index contributed by atoms with van der Waals surface area (Å²) < 4.78 is 31.2. The molecule has 2 N–H and O–H groups in total. The molecule has 1 aromatic heterocycles. The highest BCUT2D eigenvalue weighted by atomic mass is 79.9. The Labute approximate surface area is 106 Å². The summed E-state index contributed by atoms with van der Waals surface area (Å²) in [5, 5.41) is 8.49. The molecule has 8 heteroatoms. The average Bonchev–Trinajstić information content (AvgIpc) is 2.57. The Kier molecular flexibility index (Phi) is 3.28. The number of rotatable bonds is 4. The third-order valence-electron chi connectivity index (χ3n) is 2.62. The number of sulfonamides is 1. The van der Waals surface area contributed by atoms with Crippen molar-refractivity contribution in [3.63, 3.8) is 0 Å². The smallest absolute Gasteiger partial charge is 0.306 e. The van der Waals surface area contributed by atoms with Crippen molar-refractivity contribution in [1.29, 1.82) is 0 Å². The molecule has 0 unspecified atom stereocenters. The first-order valence-electron chi connectivity index (χ1n) is 4.89. The van der Waals surface area contributed by atoms with Crippen molar-refractivity contribution in [2.24, 2.45) is 5.92 Å². The lowest BCUT2D eigenvalue weighted by atomic mass is 9.81. The van der Waals surface area contributed by atoms with Crippen molar-refractivity contribution in [1.82, 2.24) is 4.72 Å². The molecule has 0 aromatic carbocycles. The van der Waals surface area contributed by atoms with Gasteiger partial charge >= 0.3 is 5.97 Å². The van der Waals surface area contributed by atoms with Crippen molar-refractivity contribution < 1.29 is 22.7 Å². The summed E-state index contributed by atoms with van der Waals surface area (Å²) in [5.74, 6) is -1.34. The molecule has 0 bridgehead atoms. The zero-order chi connectivity index (χ0) is 12.6. The molecule has 0 atom stereocenters. The van der Waals surface area contributed by atoms with Crippen LogP contribution in [-0.2, 0) is 14.8 Å². The van der Waals surface area contributed by atoms with Gasteiger partial charge in [-0.1, -0.05) is 0 Å². The van der Waals surface area contributed by atoms with E-state index in [1.54, 1.807) is 0 Å². The molecule has 0 amide bonds. The van der Waals surface area contributed by atoms with Gasteiger partial charge in [-0.05, 0) is 40.9 Å². The van der Waals surface area contributed by atoms with E-state index >= 15 is 0 Å². The topological polar surface area (TPSA) is 96.6 Å². The van der Waals surface area contributed by atoms with Crippen LogP contribution in [0.15, 0.2) is 26.3 Å². The number of hydrogen-bond donors (Lipinski definition) is 2. The van der Waals surface area contributed by atoms with Crippen molar-refractivity contribution in [3.8, 4) is 0 Å². The van der Waals surface area contributed by atoms with Crippen LogP contribution in [0.2, 0.25) is 0 Å². The molecule has 1 saturated carbocycles. The molecule has 0 radical (unpaired) electrons. The average molecular weight is 324 g/mol. The zero-order valence-electron chi connectivity index (χ0n) is 8.59. The number of carbonyl (C=O) groups is 1. The van der Waals surface area contributed by atoms with E-state index in [1.165, 1.54) is 12.1 Å². The molecule has 1 heterocycles.